The lowest BCUT2D eigenvalue weighted by Crippen LogP contribution is -2.35. The van der Waals surface area contributed by atoms with Gasteiger partial charge in [0, 0.05) is 6.54 Å². The van der Waals surface area contributed by atoms with Crippen LogP contribution in [0.5, 0.6) is 0 Å². The van der Waals surface area contributed by atoms with Gasteiger partial charge in [-0.2, -0.15) is 5.26 Å². The van der Waals surface area contributed by atoms with Crippen LogP contribution in [-0.4, -0.2) is 15.5 Å². The van der Waals surface area contributed by atoms with Crippen LogP contribution in [-0.2, 0) is 11.3 Å². The van der Waals surface area contributed by atoms with E-state index in [2.05, 4.69) is 11.1 Å². The first kappa shape index (κ1) is 13.3. The normalized spacial score (nSPS) is 11.4. The zero-order chi connectivity index (χ0) is 14.2. The highest BCUT2D eigenvalue weighted by Crippen LogP contribution is 2.23. The quantitative estimate of drug-likeness (QED) is 0.840. The maximum Gasteiger partial charge on any atom is 0.224 e. The Balaban J connectivity index is 2.63. The number of primary amides is 1. The largest absolute Gasteiger partial charge is 0.369 e. The number of fused-ring (bicyclic) bond motifs is 1. The molecule has 0 spiro atoms. The highest BCUT2D eigenvalue weighted by atomic mass is 32.1. The van der Waals surface area contributed by atoms with Gasteiger partial charge in [-0.15, -0.1) is 0 Å². The molecule has 2 aromatic rings. The predicted molar refractivity (Wildman–Crippen MR) is 74.8 cm³/mol. The van der Waals surface area contributed by atoms with Gasteiger partial charge in [0.25, 0.3) is 0 Å². The highest BCUT2D eigenvalue weighted by molar-refractivity contribution is 7.71. The van der Waals surface area contributed by atoms with E-state index in [4.69, 9.17) is 23.2 Å². The minimum Gasteiger partial charge on any atom is -0.369 e. The van der Waals surface area contributed by atoms with Crippen LogP contribution in [0.2, 0.25) is 0 Å². The molecule has 1 aromatic carbocycles. The van der Waals surface area contributed by atoms with Crippen molar-refractivity contribution in [3.8, 4) is 6.07 Å². The number of imidazole rings is 1. The number of carbonyl (C=O) groups excluding carboxylic acids is 1. The molecular formula is C13H14N4OS. The molecule has 0 aliphatic carbocycles. The molecule has 19 heavy (non-hydrogen) atoms. The van der Waals surface area contributed by atoms with Crippen molar-refractivity contribution >= 4 is 29.2 Å². The molecule has 0 saturated carbocycles. The number of H-pyrrole nitrogens is 1. The lowest BCUT2D eigenvalue weighted by molar-refractivity contribution is -0.126. The van der Waals surface area contributed by atoms with Crippen molar-refractivity contribution in [2.24, 2.45) is 11.1 Å². The molecule has 5 nitrogen and oxygen atoms in total. The van der Waals surface area contributed by atoms with Gasteiger partial charge in [0.15, 0.2) is 4.77 Å². The summed E-state index contributed by atoms with van der Waals surface area (Å²) in [6.07, 6.45) is 0. The average Bonchev–Trinajstić information content (AvgIpc) is 2.65. The molecular weight excluding hydrogens is 260 g/mol. The van der Waals surface area contributed by atoms with E-state index in [1.54, 1.807) is 30.5 Å². The number of aromatic amines is 1. The predicted octanol–water partition coefficient (Wildman–Crippen LogP) is 2.08. The lowest BCUT2D eigenvalue weighted by Gasteiger charge is -2.21. The summed E-state index contributed by atoms with van der Waals surface area (Å²) in [6.45, 7) is 3.91. The van der Waals surface area contributed by atoms with E-state index < -0.39 is 5.41 Å². The molecule has 6 heteroatoms. The summed E-state index contributed by atoms with van der Waals surface area (Å²) in [4.78, 5) is 14.4. The fourth-order valence-corrected chi connectivity index (χ4v) is 2.17. The molecule has 1 aromatic heterocycles. The number of hydrogen-bond donors (Lipinski definition) is 2. The van der Waals surface area contributed by atoms with Crippen LogP contribution < -0.4 is 5.73 Å². The Morgan fingerprint density at radius 2 is 2.26 bits per heavy atom. The minimum absolute atomic E-state index is 0.371. The number of nitrogens with zero attached hydrogens (tertiary/aromatic N) is 2. The van der Waals surface area contributed by atoms with Crippen molar-refractivity contribution in [1.82, 2.24) is 9.55 Å². The zero-order valence-electron chi connectivity index (χ0n) is 10.7. The Labute approximate surface area is 115 Å². The highest BCUT2D eigenvalue weighted by Gasteiger charge is 2.26. The number of nitriles is 1. The maximum absolute atomic E-state index is 11.4. The number of rotatable bonds is 3. The Hall–Kier alpha value is -2.13. The molecule has 0 atom stereocenters. The summed E-state index contributed by atoms with van der Waals surface area (Å²) in [6, 6.07) is 7.48. The number of benzene rings is 1. The fraction of sp³-hybridized carbons (Fsp3) is 0.308. The molecule has 0 aliphatic heterocycles. The third-order valence-electron chi connectivity index (χ3n) is 3.15. The van der Waals surface area contributed by atoms with Gasteiger partial charge in [-0.05, 0) is 38.2 Å². The van der Waals surface area contributed by atoms with Crippen molar-refractivity contribution in [3.63, 3.8) is 0 Å². The number of carbonyl (C=O) groups is 1. The van der Waals surface area contributed by atoms with Crippen LogP contribution in [0.4, 0.5) is 0 Å². The summed E-state index contributed by atoms with van der Waals surface area (Å²) in [5.74, 6) is -0.389. The number of nitrogens with one attached hydrogen (secondary N) is 1. The van der Waals surface area contributed by atoms with Crippen LogP contribution in [0.3, 0.4) is 0 Å². The molecule has 0 fully saturated rings. The first-order chi connectivity index (χ1) is 8.86. The second kappa shape index (κ2) is 4.52. The van der Waals surface area contributed by atoms with E-state index in [0.717, 1.165) is 5.52 Å². The topological polar surface area (TPSA) is 87.6 Å². The number of nitrogens with two attached hydrogens (primary N) is 1. The van der Waals surface area contributed by atoms with Gasteiger partial charge in [-0.25, -0.2) is 0 Å². The van der Waals surface area contributed by atoms with Gasteiger partial charge >= 0.3 is 0 Å². The molecule has 1 heterocycles. The number of para-hydroxylation sites is 1. The van der Waals surface area contributed by atoms with E-state index in [0.29, 0.717) is 22.4 Å². The summed E-state index contributed by atoms with van der Waals surface area (Å²) < 4.78 is 2.28. The third kappa shape index (κ3) is 2.25. The SMILES string of the molecule is CC(C)(Cn1c(=S)[nH]c2c(C#N)cccc21)C(N)=O. The summed E-state index contributed by atoms with van der Waals surface area (Å²) in [7, 11) is 0. The van der Waals surface area contributed by atoms with Crippen LogP contribution in [0.15, 0.2) is 18.2 Å². The Morgan fingerprint density at radius 1 is 1.58 bits per heavy atom. The maximum atomic E-state index is 11.4. The molecule has 0 saturated heterocycles. The van der Waals surface area contributed by atoms with Crippen LogP contribution in [0.25, 0.3) is 11.0 Å². The molecule has 3 N–H and O–H groups in total. The molecule has 0 aliphatic rings. The number of aromatic nitrogens is 2. The van der Waals surface area contributed by atoms with E-state index in [-0.39, 0.29) is 5.91 Å². The van der Waals surface area contributed by atoms with Gasteiger partial charge in [-0.3, -0.25) is 4.79 Å². The second-order valence-electron chi connectivity index (χ2n) is 5.08. The monoisotopic (exact) mass is 274 g/mol. The van der Waals surface area contributed by atoms with Crippen molar-refractivity contribution in [2.45, 2.75) is 20.4 Å². The van der Waals surface area contributed by atoms with Gasteiger partial charge < -0.3 is 15.3 Å². The summed E-state index contributed by atoms with van der Waals surface area (Å²) >= 11 is 5.26. The van der Waals surface area contributed by atoms with E-state index in [9.17, 15) is 4.79 Å². The van der Waals surface area contributed by atoms with Crippen LogP contribution >= 0.6 is 12.2 Å². The van der Waals surface area contributed by atoms with Crippen LogP contribution in [0, 0.1) is 21.5 Å². The van der Waals surface area contributed by atoms with Crippen molar-refractivity contribution in [3.05, 3.63) is 28.5 Å². The van der Waals surface area contributed by atoms with E-state index in [1.807, 2.05) is 6.07 Å². The molecule has 0 bridgehead atoms. The zero-order valence-corrected chi connectivity index (χ0v) is 11.5. The van der Waals surface area contributed by atoms with Crippen LogP contribution in [0.1, 0.15) is 19.4 Å². The van der Waals surface area contributed by atoms with Gasteiger partial charge in [-0.1, -0.05) is 6.07 Å². The molecule has 0 radical (unpaired) electrons. The van der Waals surface area contributed by atoms with Crippen molar-refractivity contribution < 1.29 is 4.79 Å². The number of hydrogen-bond acceptors (Lipinski definition) is 3. The fourth-order valence-electron chi connectivity index (χ4n) is 1.90. The van der Waals surface area contributed by atoms with Gasteiger partial charge in [0.05, 0.1) is 22.0 Å². The number of amides is 1. The van der Waals surface area contributed by atoms with Gasteiger partial charge in [0.2, 0.25) is 5.91 Å². The van der Waals surface area contributed by atoms with E-state index in [1.165, 1.54) is 0 Å². The first-order valence-electron chi connectivity index (χ1n) is 5.78. The molecule has 2 rings (SSSR count). The second-order valence-corrected chi connectivity index (χ2v) is 5.46. The third-order valence-corrected chi connectivity index (χ3v) is 3.47. The first-order valence-corrected chi connectivity index (χ1v) is 6.19. The summed E-state index contributed by atoms with van der Waals surface area (Å²) in [5.41, 5.74) is 6.70. The van der Waals surface area contributed by atoms with Crippen molar-refractivity contribution in [1.29, 1.82) is 5.26 Å². The minimum atomic E-state index is -0.712. The lowest BCUT2D eigenvalue weighted by atomic mass is 9.92. The molecule has 98 valence electrons. The summed E-state index contributed by atoms with van der Waals surface area (Å²) in [5, 5.41) is 9.07. The Kier molecular flexibility index (Phi) is 3.16. The Morgan fingerprint density at radius 3 is 2.84 bits per heavy atom. The molecule has 0 unspecified atom stereocenters. The standard InChI is InChI=1S/C13H14N4OS/c1-13(2,11(15)18)7-17-9-5-3-4-8(6-14)10(9)16-12(17)19/h3-5H,7H2,1-2H3,(H2,15,18)(H,16,19). The molecule has 1 amide bonds. The van der Waals surface area contributed by atoms with E-state index >= 15 is 0 Å². The average molecular weight is 274 g/mol. The smallest absolute Gasteiger partial charge is 0.224 e. The Bertz CT molecular complexity index is 748. The van der Waals surface area contributed by atoms with Crippen molar-refractivity contribution in [2.75, 3.05) is 0 Å². The van der Waals surface area contributed by atoms with Gasteiger partial charge in [0.1, 0.15) is 6.07 Å².